The second-order valence-electron chi connectivity index (χ2n) is 6.68. The maximum absolute atomic E-state index is 6.23. The number of benzene rings is 1. The van der Waals surface area contributed by atoms with Crippen molar-refractivity contribution < 1.29 is 4.74 Å². The molecule has 2 aliphatic rings. The van der Waals surface area contributed by atoms with E-state index in [1.807, 2.05) is 0 Å². The number of ether oxygens (including phenoxy) is 1. The highest BCUT2D eigenvalue weighted by molar-refractivity contribution is 5.53. The molecule has 1 heterocycles. The fraction of sp³-hybridized carbons (Fsp3) is 0.667. The zero-order valence-electron chi connectivity index (χ0n) is 13.2. The van der Waals surface area contributed by atoms with Gasteiger partial charge in [-0.2, -0.15) is 0 Å². The molecule has 0 bridgehead atoms. The van der Waals surface area contributed by atoms with E-state index >= 15 is 0 Å². The van der Waals surface area contributed by atoms with E-state index < -0.39 is 0 Å². The zero-order valence-corrected chi connectivity index (χ0v) is 13.2. The molecule has 0 amide bonds. The topological polar surface area (TPSA) is 38.5 Å². The minimum absolute atomic E-state index is 0.160. The van der Waals surface area contributed by atoms with E-state index in [0.29, 0.717) is 12.6 Å². The molecule has 2 N–H and O–H groups in total. The third kappa shape index (κ3) is 3.09. The second-order valence-corrected chi connectivity index (χ2v) is 6.68. The first-order valence-electron chi connectivity index (χ1n) is 8.39. The maximum atomic E-state index is 6.23. The van der Waals surface area contributed by atoms with Gasteiger partial charge in [0.15, 0.2) is 0 Å². The minimum atomic E-state index is 0.160. The van der Waals surface area contributed by atoms with E-state index in [-0.39, 0.29) is 5.60 Å². The number of hydrogen-bond donors (Lipinski definition) is 1. The number of para-hydroxylation sites is 1. The first-order chi connectivity index (χ1) is 10.2. The Morgan fingerprint density at radius 3 is 2.76 bits per heavy atom. The highest BCUT2D eigenvalue weighted by Crippen LogP contribution is 2.40. The van der Waals surface area contributed by atoms with E-state index in [1.165, 1.54) is 49.8 Å². The van der Waals surface area contributed by atoms with Gasteiger partial charge in [0.05, 0.1) is 5.60 Å². The largest absolute Gasteiger partial charge is 0.375 e. The molecule has 1 spiro atoms. The molecule has 0 radical (unpaired) electrons. The van der Waals surface area contributed by atoms with Gasteiger partial charge in [-0.25, -0.2) is 0 Å². The predicted octanol–water partition coefficient (Wildman–Crippen LogP) is 3.46. The molecule has 1 saturated carbocycles. The molecule has 2 fully saturated rings. The van der Waals surface area contributed by atoms with E-state index in [2.05, 4.69) is 36.2 Å². The average molecular weight is 288 g/mol. The van der Waals surface area contributed by atoms with Gasteiger partial charge in [-0.3, -0.25) is 0 Å². The van der Waals surface area contributed by atoms with E-state index in [4.69, 9.17) is 10.5 Å². The Kier molecular flexibility index (Phi) is 4.51. The van der Waals surface area contributed by atoms with Crippen LogP contribution in [0.3, 0.4) is 0 Å². The summed E-state index contributed by atoms with van der Waals surface area (Å²) >= 11 is 0. The summed E-state index contributed by atoms with van der Waals surface area (Å²) in [5.41, 5.74) is 8.59. The van der Waals surface area contributed by atoms with Crippen LogP contribution in [0, 0.1) is 0 Å². The van der Waals surface area contributed by atoms with Crippen LogP contribution in [0.4, 0.5) is 5.69 Å². The fourth-order valence-electron chi connectivity index (χ4n) is 4.10. The quantitative estimate of drug-likeness (QED) is 0.925. The van der Waals surface area contributed by atoms with Crippen molar-refractivity contribution in [2.45, 2.75) is 63.1 Å². The summed E-state index contributed by atoms with van der Waals surface area (Å²) in [6.07, 6.45) is 8.82. The molecular weight excluding hydrogens is 260 g/mol. The van der Waals surface area contributed by atoms with Crippen LogP contribution in [-0.2, 0) is 11.3 Å². The molecule has 1 saturated heterocycles. The normalized spacial score (nSPS) is 25.0. The van der Waals surface area contributed by atoms with Crippen LogP contribution < -0.4 is 10.6 Å². The van der Waals surface area contributed by atoms with Crippen molar-refractivity contribution in [3.8, 4) is 0 Å². The van der Waals surface area contributed by atoms with Gasteiger partial charge in [0.25, 0.3) is 0 Å². The van der Waals surface area contributed by atoms with Crippen LogP contribution >= 0.6 is 0 Å². The Bertz CT molecular complexity index is 463. The number of hydrogen-bond acceptors (Lipinski definition) is 3. The number of nitrogens with two attached hydrogens (primary N) is 1. The van der Waals surface area contributed by atoms with Crippen molar-refractivity contribution in [1.29, 1.82) is 0 Å². The molecular formula is C18H28N2O. The maximum Gasteiger partial charge on any atom is 0.0702 e. The Balaban J connectivity index is 1.76. The molecule has 3 rings (SSSR count). The van der Waals surface area contributed by atoms with Gasteiger partial charge in [0.2, 0.25) is 0 Å². The first kappa shape index (κ1) is 14.9. The molecule has 0 aromatic heterocycles. The standard InChI is InChI=1S/C18H28N2O/c1-20(17-8-4-3-7-15(17)14-19)16-9-12-21-18(13-16)10-5-2-6-11-18/h3-4,7-8,16H,2,5-6,9-14,19H2,1H3. The van der Waals surface area contributed by atoms with Crippen molar-refractivity contribution in [3.05, 3.63) is 29.8 Å². The summed E-state index contributed by atoms with van der Waals surface area (Å²) in [7, 11) is 2.22. The van der Waals surface area contributed by atoms with Crippen LogP contribution in [0.5, 0.6) is 0 Å². The fourth-order valence-corrected chi connectivity index (χ4v) is 4.10. The van der Waals surface area contributed by atoms with E-state index in [0.717, 1.165) is 13.0 Å². The molecule has 1 aliphatic carbocycles. The third-order valence-corrected chi connectivity index (χ3v) is 5.37. The Morgan fingerprint density at radius 1 is 1.24 bits per heavy atom. The summed E-state index contributed by atoms with van der Waals surface area (Å²) in [6, 6.07) is 9.10. The highest BCUT2D eigenvalue weighted by atomic mass is 16.5. The van der Waals surface area contributed by atoms with Gasteiger partial charge < -0.3 is 15.4 Å². The predicted molar refractivity (Wildman–Crippen MR) is 87.5 cm³/mol. The molecule has 1 aliphatic heterocycles. The summed E-state index contributed by atoms with van der Waals surface area (Å²) in [5.74, 6) is 0. The number of nitrogens with zero attached hydrogens (tertiary/aromatic N) is 1. The Hall–Kier alpha value is -1.06. The molecule has 21 heavy (non-hydrogen) atoms. The number of rotatable bonds is 3. The molecule has 3 nitrogen and oxygen atoms in total. The molecule has 3 heteroatoms. The lowest BCUT2D eigenvalue weighted by atomic mass is 9.78. The highest BCUT2D eigenvalue weighted by Gasteiger charge is 2.39. The van der Waals surface area contributed by atoms with Gasteiger partial charge in [-0.1, -0.05) is 37.5 Å². The van der Waals surface area contributed by atoms with Crippen molar-refractivity contribution in [1.82, 2.24) is 0 Å². The zero-order chi connectivity index (χ0) is 14.7. The molecule has 116 valence electrons. The van der Waals surface area contributed by atoms with Crippen LogP contribution in [0.15, 0.2) is 24.3 Å². The summed E-state index contributed by atoms with van der Waals surface area (Å²) in [5, 5.41) is 0. The van der Waals surface area contributed by atoms with Crippen molar-refractivity contribution >= 4 is 5.69 Å². The van der Waals surface area contributed by atoms with Gasteiger partial charge in [0.1, 0.15) is 0 Å². The molecule has 1 aromatic carbocycles. The van der Waals surface area contributed by atoms with Gasteiger partial charge in [0, 0.05) is 31.9 Å². The number of anilines is 1. The SMILES string of the molecule is CN(c1ccccc1CN)C1CCOC2(CCCCC2)C1. The lowest BCUT2D eigenvalue weighted by molar-refractivity contribution is -0.105. The Labute approximate surface area is 128 Å². The molecule has 1 unspecified atom stereocenters. The third-order valence-electron chi connectivity index (χ3n) is 5.37. The van der Waals surface area contributed by atoms with Gasteiger partial charge in [-0.15, -0.1) is 0 Å². The summed E-state index contributed by atoms with van der Waals surface area (Å²) < 4.78 is 6.23. The lowest BCUT2D eigenvalue weighted by Gasteiger charge is -2.46. The van der Waals surface area contributed by atoms with Gasteiger partial charge >= 0.3 is 0 Å². The Morgan fingerprint density at radius 2 is 2.00 bits per heavy atom. The van der Waals surface area contributed by atoms with Crippen molar-refractivity contribution in [3.63, 3.8) is 0 Å². The van der Waals surface area contributed by atoms with Crippen molar-refractivity contribution in [2.75, 3.05) is 18.6 Å². The summed E-state index contributed by atoms with van der Waals surface area (Å²) in [4.78, 5) is 2.45. The van der Waals surface area contributed by atoms with E-state index in [9.17, 15) is 0 Å². The molecule has 1 atom stereocenters. The summed E-state index contributed by atoms with van der Waals surface area (Å²) in [6.45, 7) is 1.51. The monoisotopic (exact) mass is 288 g/mol. The van der Waals surface area contributed by atoms with Crippen LogP contribution in [0.1, 0.15) is 50.5 Å². The first-order valence-corrected chi connectivity index (χ1v) is 8.39. The van der Waals surface area contributed by atoms with Crippen LogP contribution in [-0.4, -0.2) is 25.3 Å². The van der Waals surface area contributed by atoms with Crippen molar-refractivity contribution in [2.24, 2.45) is 5.73 Å². The second kappa shape index (κ2) is 6.37. The lowest BCUT2D eigenvalue weighted by Crippen LogP contribution is -2.48. The van der Waals surface area contributed by atoms with Crippen LogP contribution in [0.2, 0.25) is 0 Å². The molecule has 1 aromatic rings. The minimum Gasteiger partial charge on any atom is -0.375 e. The average Bonchev–Trinajstić information content (AvgIpc) is 2.55. The van der Waals surface area contributed by atoms with Gasteiger partial charge in [-0.05, 0) is 37.3 Å². The smallest absolute Gasteiger partial charge is 0.0702 e. The van der Waals surface area contributed by atoms with E-state index in [1.54, 1.807) is 0 Å². The van der Waals surface area contributed by atoms with Crippen LogP contribution in [0.25, 0.3) is 0 Å².